The highest BCUT2D eigenvalue weighted by molar-refractivity contribution is 7.98. The van der Waals surface area contributed by atoms with Gasteiger partial charge in [-0.1, -0.05) is 72.1 Å². The molecule has 0 spiro atoms. The minimum Gasteiger partial charge on any atom is -0.299 e. The van der Waals surface area contributed by atoms with Crippen molar-refractivity contribution < 1.29 is 0 Å². The van der Waals surface area contributed by atoms with E-state index in [0.29, 0.717) is 11.1 Å². The number of nitrogens with zero attached hydrogens (tertiary/aromatic N) is 3. The Labute approximate surface area is 167 Å². The normalized spacial score (nSPS) is 14.8. The molecule has 1 aromatic heterocycles. The van der Waals surface area contributed by atoms with Gasteiger partial charge in [0.25, 0.3) is 0 Å². The van der Waals surface area contributed by atoms with Crippen LogP contribution in [0.25, 0.3) is 11.4 Å². The Morgan fingerprint density at radius 2 is 1.81 bits per heavy atom. The summed E-state index contributed by atoms with van der Waals surface area (Å²) in [6.45, 7) is 0. The monoisotopic (exact) mass is 403 g/mol. The van der Waals surface area contributed by atoms with Gasteiger partial charge >= 0.3 is 0 Å². The van der Waals surface area contributed by atoms with Crippen LogP contribution in [0.5, 0.6) is 0 Å². The van der Waals surface area contributed by atoms with Gasteiger partial charge in [-0.15, -0.1) is 10.2 Å². The van der Waals surface area contributed by atoms with E-state index in [0.717, 1.165) is 27.3 Å². The first-order valence-corrected chi connectivity index (χ1v) is 10.5. The number of benzene rings is 2. The molecule has 0 saturated heterocycles. The molecular weight excluding hydrogens is 385 g/mol. The lowest BCUT2D eigenvalue weighted by atomic mass is 10.2. The predicted octanol–water partition coefficient (Wildman–Crippen LogP) is 6.66. The van der Waals surface area contributed by atoms with E-state index in [2.05, 4.69) is 20.8 Å². The number of aromatic nitrogens is 3. The molecule has 134 valence electrons. The Morgan fingerprint density at radius 1 is 1.00 bits per heavy atom. The quantitative estimate of drug-likeness (QED) is 0.446. The maximum absolute atomic E-state index is 6.43. The second kappa shape index (κ2) is 8.03. The molecule has 1 heterocycles. The summed E-state index contributed by atoms with van der Waals surface area (Å²) in [7, 11) is 0. The van der Waals surface area contributed by atoms with Gasteiger partial charge in [-0.2, -0.15) is 0 Å². The maximum Gasteiger partial charge on any atom is 0.192 e. The molecule has 1 fully saturated rings. The second-order valence-electron chi connectivity index (χ2n) is 6.51. The van der Waals surface area contributed by atoms with Crippen molar-refractivity contribution in [1.82, 2.24) is 14.8 Å². The third kappa shape index (κ3) is 3.78. The van der Waals surface area contributed by atoms with Crippen molar-refractivity contribution >= 4 is 35.0 Å². The molecule has 0 bridgehead atoms. The second-order valence-corrected chi connectivity index (χ2v) is 8.30. The summed E-state index contributed by atoms with van der Waals surface area (Å²) in [6.07, 6.45) is 4.84. The van der Waals surface area contributed by atoms with Gasteiger partial charge < -0.3 is 0 Å². The Morgan fingerprint density at radius 3 is 2.58 bits per heavy atom. The molecule has 4 rings (SSSR count). The Bertz CT molecular complexity index is 904. The minimum atomic E-state index is 0.443. The van der Waals surface area contributed by atoms with E-state index < -0.39 is 0 Å². The van der Waals surface area contributed by atoms with E-state index in [-0.39, 0.29) is 0 Å². The van der Waals surface area contributed by atoms with Gasteiger partial charge in [0.1, 0.15) is 0 Å². The molecule has 1 aliphatic carbocycles. The summed E-state index contributed by atoms with van der Waals surface area (Å²) in [5.41, 5.74) is 2.13. The lowest BCUT2D eigenvalue weighted by Crippen LogP contribution is -2.08. The minimum absolute atomic E-state index is 0.443. The van der Waals surface area contributed by atoms with Gasteiger partial charge in [-0.3, -0.25) is 4.57 Å². The summed E-state index contributed by atoms with van der Waals surface area (Å²) >= 11 is 14.2. The zero-order valence-electron chi connectivity index (χ0n) is 14.2. The molecule has 0 unspecified atom stereocenters. The molecule has 26 heavy (non-hydrogen) atoms. The van der Waals surface area contributed by atoms with Gasteiger partial charge in [-0.25, -0.2) is 0 Å². The Balaban J connectivity index is 1.67. The highest BCUT2D eigenvalue weighted by Gasteiger charge is 2.25. The largest absolute Gasteiger partial charge is 0.299 e. The summed E-state index contributed by atoms with van der Waals surface area (Å²) in [6, 6.07) is 16.3. The number of thioether (sulfide) groups is 1. The van der Waals surface area contributed by atoms with Crippen LogP contribution < -0.4 is 0 Å². The highest BCUT2D eigenvalue weighted by Crippen LogP contribution is 2.38. The first-order valence-electron chi connectivity index (χ1n) is 8.79. The molecule has 0 amide bonds. The van der Waals surface area contributed by atoms with Gasteiger partial charge in [0, 0.05) is 22.4 Å². The van der Waals surface area contributed by atoms with Crippen LogP contribution in [0, 0.1) is 0 Å². The molecule has 2 aromatic carbocycles. The lowest BCUT2D eigenvalue weighted by Gasteiger charge is -2.17. The van der Waals surface area contributed by atoms with Crippen LogP contribution in [0.4, 0.5) is 0 Å². The van der Waals surface area contributed by atoms with Crippen molar-refractivity contribution in [3.8, 4) is 11.4 Å². The molecule has 0 radical (unpaired) electrons. The van der Waals surface area contributed by atoms with E-state index in [1.54, 1.807) is 11.8 Å². The predicted molar refractivity (Wildman–Crippen MR) is 109 cm³/mol. The van der Waals surface area contributed by atoms with Crippen molar-refractivity contribution in [2.45, 2.75) is 42.6 Å². The average Bonchev–Trinajstić information content (AvgIpc) is 3.30. The summed E-state index contributed by atoms with van der Waals surface area (Å²) in [5.74, 6) is 1.68. The smallest absolute Gasteiger partial charge is 0.192 e. The van der Waals surface area contributed by atoms with Gasteiger partial charge in [0.15, 0.2) is 11.0 Å². The summed E-state index contributed by atoms with van der Waals surface area (Å²) < 4.78 is 2.30. The molecule has 0 N–H and O–H groups in total. The first-order chi connectivity index (χ1) is 12.7. The van der Waals surface area contributed by atoms with Crippen LogP contribution in [0.3, 0.4) is 0 Å². The Kier molecular flexibility index (Phi) is 5.53. The van der Waals surface area contributed by atoms with Gasteiger partial charge in [-0.05, 0) is 42.7 Å². The van der Waals surface area contributed by atoms with Gasteiger partial charge in [0.05, 0.1) is 5.02 Å². The summed E-state index contributed by atoms with van der Waals surface area (Å²) in [5, 5.41) is 11.4. The number of hydrogen-bond donors (Lipinski definition) is 0. The van der Waals surface area contributed by atoms with Crippen LogP contribution >= 0.6 is 35.0 Å². The van der Waals surface area contributed by atoms with Crippen LogP contribution in [-0.4, -0.2) is 14.8 Å². The number of rotatable bonds is 5. The fraction of sp³-hybridized carbons (Fsp3) is 0.300. The van der Waals surface area contributed by atoms with Crippen molar-refractivity contribution in [2.75, 3.05) is 0 Å². The standard InChI is InChI=1S/C20H19Cl2N3S/c21-15-7-5-6-14(12-15)13-26-20-24-23-19(17-10-3-4-11-18(17)22)25(20)16-8-1-2-9-16/h3-7,10-12,16H,1-2,8-9,13H2. The lowest BCUT2D eigenvalue weighted by molar-refractivity contribution is 0.485. The topological polar surface area (TPSA) is 30.7 Å². The van der Waals surface area contributed by atoms with Crippen LogP contribution in [-0.2, 0) is 5.75 Å². The molecule has 0 atom stereocenters. The van der Waals surface area contributed by atoms with Crippen molar-refractivity contribution in [1.29, 1.82) is 0 Å². The van der Waals surface area contributed by atoms with Crippen LogP contribution in [0.2, 0.25) is 10.0 Å². The molecule has 1 aliphatic rings. The van der Waals surface area contributed by atoms with E-state index >= 15 is 0 Å². The zero-order chi connectivity index (χ0) is 17.9. The van der Waals surface area contributed by atoms with Crippen LogP contribution in [0.1, 0.15) is 37.3 Å². The molecule has 0 aliphatic heterocycles. The summed E-state index contributed by atoms with van der Waals surface area (Å²) in [4.78, 5) is 0. The van der Waals surface area contributed by atoms with E-state index in [9.17, 15) is 0 Å². The van der Waals surface area contributed by atoms with Crippen molar-refractivity contribution in [3.63, 3.8) is 0 Å². The fourth-order valence-electron chi connectivity index (χ4n) is 3.47. The molecule has 3 aromatic rings. The third-order valence-corrected chi connectivity index (χ3v) is 6.31. The average molecular weight is 404 g/mol. The SMILES string of the molecule is Clc1cccc(CSc2nnc(-c3ccccc3Cl)n2C2CCCC2)c1. The van der Waals surface area contributed by atoms with Gasteiger partial charge in [0.2, 0.25) is 0 Å². The third-order valence-electron chi connectivity index (χ3n) is 4.73. The first kappa shape index (κ1) is 17.9. The van der Waals surface area contributed by atoms with E-state index in [1.165, 1.54) is 31.2 Å². The van der Waals surface area contributed by atoms with Crippen molar-refractivity contribution in [3.05, 3.63) is 64.1 Å². The number of hydrogen-bond acceptors (Lipinski definition) is 3. The van der Waals surface area contributed by atoms with Crippen LogP contribution in [0.15, 0.2) is 53.7 Å². The maximum atomic E-state index is 6.43. The molecule has 6 heteroatoms. The fourth-order valence-corrected chi connectivity index (χ4v) is 4.85. The van der Waals surface area contributed by atoms with E-state index in [4.69, 9.17) is 23.2 Å². The molecular formula is C20H19Cl2N3S. The molecule has 3 nitrogen and oxygen atoms in total. The number of halogens is 2. The molecule has 1 saturated carbocycles. The Hall–Kier alpha value is -1.49. The van der Waals surface area contributed by atoms with E-state index in [1.807, 2.05) is 42.5 Å². The zero-order valence-corrected chi connectivity index (χ0v) is 16.6. The van der Waals surface area contributed by atoms with Crippen molar-refractivity contribution in [2.24, 2.45) is 0 Å². The highest BCUT2D eigenvalue weighted by atomic mass is 35.5.